The van der Waals surface area contributed by atoms with Crippen LogP contribution in [0.2, 0.25) is 30.1 Å². The summed E-state index contributed by atoms with van der Waals surface area (Å²) in [7, 11) is 0. The van der Waals surface area contributed by atoms with E-state index in [1.54, 1.807) is 0 Å². The van der Waals surface area contributed by atoms with E-state index in [-0.39, 0.29) is 54.2 Å². The Bertz CT molecular complexity index is 1330. The second kappa shape index (κ2) is 16.1. The molecule has 0 fully saturated rings. The number of carbonyl (C=O) groups excluding carboxylic acids is 4. The summed E-state index contributed by atoms with van der Waals surface area (Å²) >= 11 is 37.1. The lowest BCUT2D eigenvalue weighted by Crippen LogP contribution is -2.27. The van der Waals surface area contributed by atoms with E-state index < -0.39 is 46.5 Å². The van der Waals surface area contributed by atoms with Crippen LogP contribution in [0.3, 0.4) is 0 Å². The van der Waals surface area contributed by atoms with Gasteiger partial charge in [-0.05, 0) is 35.8 Å². The molecule has 0 atom stereocenters. The molecule has 0 bridgehead atoms. The number of carbonyl (C=O) groups is 4. The standard InChI is InChI=1S/C30H32Cl6O8/c1-7-29(3,4)9-11-41-25(37)19-21(35)15(31)13-17(33)23(19)43-27(39)28(40)44-24-18(34)14-16(32)22(36)20(24)26(38)42-12-10-30(5,6)8-2/h13-14H,7-12H2,1-6H3. The number of hydrogen-bond acceptors (Lipinski definition) is 8. The molecule has 44 heavy (non-hydrogen) atoms. The van der Waals surface area contributed by atoms with Gasteiger partial charge in [0.05, 0.1) is 43.3 Å². The van der Waals surface area contributed by atoms with Gasteiger partial charge in [0, 0.05) is 0 Å². The second-order valence-corrected chi connectivity index (χ2v) is 13.7. The maximum atomic E-state index is 13.0. The molecule has 8 nitrogen and oxygen atoms in total. The Hall–Kier alpha value is -1.94. The first kappa shape index (κ1) is 38.2. The van der Waals surface area contributed by atoms with Crippen LogP contribution < -0.4 is 9.47 Å². The van der Waals surface area contributed by atoms with Gasteiger partial charge in [-0.2, -0.15) is 0 Å². The second-order valence-electron chi connectivity index (χ2n) is 11.3. The van der Waals surface area contributed by atoms with Crippen molar-refractivity contribution in [3.8, 4) is 11.5 Å². The molecular formula is C30H32Cl6O8. The molecule has 0 saturated heterocycles. The Morgan fingerprint density at radius 1 is 0.591 bits per heavy atom. The van der Waals surface area contributed by atoms with Crippen LogP contribution in [0.1, 0.15) is 87.9 Å². The molecule has 0 aromatic heterocycles. The topological polar surface area (TPSA) is 105 Å². The number of ether oxygens (including phenoxy) is 4. The lowest BCUT2D eigenvalue weighted by molar-refractivity contribution is -0.156. The fourth-order valence-electron chi connectivity index (χ4n) is 3.33. The lowest BCUT2D eigenvalue weighted by atomic mass is 9.87. The van der Waals surface area contributed by atoms with Crippen molar-refractivity contribution < 1.29 is 38.1 Å². The number of halogens is 6. The average molecular weight is 733 g/mol. The van der Waals surface area contributed by atoms with Crippen LogP contribution in [0, 0.1) is 10.8 Å². The SMILES string of the molecule is CCC(C)(C)CCOC(=O)c1c(Cl)c(Cl)cc(Cl)c1OC(=O)C(=O)Oc1c(Cl)cc(Cl)c(Cl)c1C(=O)OCCC(C)(C)CC. The predicted octanol–water partition coefficient (Wildman–Crippen LogP) is 10.1. The van der Waals surface area contributed by atoms with E-state index in [2.05, 4.69) is 0 Å². The zero-order valence-electron chi connectivity index (χ0n) is 24.9. The molecule has 242 valence electrons. The van der Waals surface area contributed by atoms with Crippen molar-refractivity contribution in [2.75, 3.05) is 13.2 Å². The van der Waals surface area contributed by atoms with E-state index >= 15 is 0 Å². The zero-order valence-corrected chi connectivity index (χ0v) is 29.5. The molecule has 2 aromatic rings. The Morgan fingerprint density at radius 2 is 0.909 bits per heavy atom. The Labute approximate surface area is 286 Å². The van der Waals surface area contributed by atoms with Crippen molar-refractivity contribution in [3.63, 3.8) is 0 Å². The third-order valence-electron chi connectivity index (χ3n) is 7.16. The van der Waals surface area contributed by atoms with Gasteiger partial charge >= 0.3 is 23.9 Å². The summed E-state index contributed by atoms with van der Waals surface area (Å²) in [5, 5.41) is -1.56. The fourth-order valence-corrected chi connectivity index (χ4v) is 4.77. The Kier molecular flexibility index (Phi) is 14.0. The number of benzene rings is 2. The van der Waals surface area contributed by atoms with Gasteiger partial charge < -0.3 is 18.9 Å². The molecule has 2 rings (SSSR count). The minimum atomic E-state index is -1.65. The maximum Gasteiger partial charge on any atom is 0.423 e. The molecule has 0 aliphatic heterocycles. The fraction of sp³-hybridized carbons (Fsp3) is 0.467. The number of hydrogen-bond donors (Lipinski definition) is 0. The summed E-state index contributed by atoms with van der Waals surface area (Å²) in [6.07, 6.45) is 2.71. The normalized spacial score (nSPS) is 11.6. The molecule has 0 heterocycles. The molecule has 14 heteroatoms. The third-order valence-corrected chi connectivity index (χ3v) is 9.29. The van der Waals surface area contributed by atoms with Gasteiger partial charge in [0.15, 0.2) is 11.5 Å². The summed E-state index contributed by atoms with van der Waals surface area (Å²) in [6.45, 7) is 12.0. The minimum absolute atomic E-state index is 0.0141. The first-order chi connectivity index (χ1) is 20.4. The highest BCUT2D eigenvalue weighted by molar-refractivity contribution is 6.47. The summed E-state index contributed by atoms with van der Waals surface area (Å²) in [6, 6.07) is 2.22. The van der Waals surface area contributed by atoms with E-state index in [4.69, 9.17) is 88.6 Å². The Morgan fingerprint density at radius 3 is 1.20 bits per heavy atom. The molecule has 0 aliphatic rings. The smallest absolute Gasteiger partial charge is 0.423 e. The first-order valence-electron chi connectivity index (χ1n) is 13.5. The van der Waals surface area contributed by atoms with Gasteiger partial charge in [-0.3, -0.25) is 0 Å². The van der Waals surface area contributed by atoms with Crippen LogP contribution in [-0.4, -0.2) is 37.1 Å². The number of rotatable bonds is 12. The monoisotopic (exact) mass is 730 g/mol. The van der Waals surface area contributed by atoms with Crippen molar-refractivity contribution in [3.05, 3.63) is 53.4 Å². The van der Waals surface area contributed by atoms with Gasteiger partial charge in [-0.1, -0.05) is 124 Å². The molecule has 2 aromatic carbocycles. The summed E-state index contributed by atoms with van der Waals surface area (Å²) in [4.78, 5) is 51.7. The van der Waals surface area contributed by atoms with Gasteiger partial charge in [-0.25, -0.2) is 19.2 Å². The van der Waals surface area contributed by atoms with Crippen molar-refractivity contribution in [2.24, 2.45) is 10.8 Å². The zero-order chi connectivity index (χ0) is 33.6. The van der Waals surface area contributed by atoms with Crippen LogP contribution in [-0.2, 0) is 19.1 Å². The molecule has 0 N–H and O–H groups in total. The predicted molar refractivity (Wildman–Crippen MR) is 172 cm³/mol. The summed E-state index contributed by atoms with van der Waals surface area (Å²) < 4.78 is 20.9. The third kappa shape index (κ3) is 10.0. The maximum absolute atomic E-state index is 13.0. The van der Waals surface area contributed by atoms with Crippen LogP contribution in [0.4, 0.5) is 0 Å². The molecule has 0 saturated carbocycles. The van der Waals surface area contributed by atoms with Crippen LogP contribution in [0.5, 0.6) is 11.5 Å². The van der Waals surface area contributed by atoms with Crippen molar-refractivity contribution in [1.82, 2.24) is 0 Å². The highest BCUT2D eigenvalue weighted by Crippen LogP contribution is 2.42. The minimum Gasteiger partial charge on any atom is -0.462 e. The lowest BCUT2D eigenvalue weighted by Gasteiger charge is -2.22. The quantitative estimate of drug-likeness (QED) is 0.0919. The highest BCUT2D eigenvalue weighted by Gasteiger charge is 2.32. The van der Waals surface area contributed by atoms with E-state index in [1.165, 1.54) is 0 Å². The largest absolute Gasteiger partial charge is 0.462 e. The van der Waals surface area contributed by atoms with Crippen LogP contribution in [0.25, 0.3) is 0 Å². The first-order valence-corrected chi connectivity index (χ1v) is 15.8. The van der Waals surface area contributed by atoms with Crippen molar-refractivity contribution in [1.29, 1.82) is 0 Å². The molecule has 0 unspecified atom stereocenters. The molecule has 0 aliphatic carbocycles. The molecular weight excluding hydrogens is 701 g/mol. The number of esters is 4. The highest BCUT2D eigenvalue weighted by atomic mass is 35.5. The van der Waals surface area contributed by atoms with E-state index in [9.17, 15) is 19.2 Å². The van der Waals surface area contributed by atoms with Gasteiger partial charge in [-0.15, -0.1) is 0 Å². The summed E-state index contributed by atoms with van der Waals surface area (Å²) in [5.41, 5.74) is -1.19. The summed E-state index contributed by atoms with van der Waals surface area (Å²) in [5.74, 6) is -6.49. The van der Waals surface area contributed by atoms with E-state index in [1.807, 2.05) is 41.5 Å². The van der Waals surface area contributed by atoms with Crippen molar-refractivity contribution >= 4 is 93.5 Å². The van der Waals surface area contributed by atoms with Crippen LogP contribution in [0.15, 0.2) is 12.1 Å². The average Bonchev–Trinajstić information content (AvgIpc) is 2.94. The Balaban J connectivity index is 2.35. The van der Waals surface area contributed by atoms with Crippen molar-refractivity contribution in [2.45, 2.75) is 67.2 Å². The molecule has 0 radical (unpaired) electrons. The van der Waals surface area contributed by atoms with Gasteiger partial charge in [0.25, 0.3) is 0 Å². The molecule has 0 amide bonds. The molecule has 0 spiro atoms. The van der Waals surface area contributed by atoms with Gasteiger partial charge in [0.1, 0.15) is 11.1 Å². The van der Waals surface area contributed by atoms with Crippen LogP contribution >= 0.6 is 69.6 Å². The van der Waals surface area contributed by atoms with E-state index in [0.29, 0.717) is 12.8 Å². The van der Waals surface area contributed by atoms with E-state index in [0.717, 1.165) is 25.0 Å². The van der Waals surface area contributed by atoms with Gasteiger partial charge in [0.2, 0.25) is 0 Å².